The van der Waals surface area contributed by atoms with Gasteiger partial charge in [0.15, 0.2) is 0 Å². The van der Waals surface area contributed by atoms with E-state index in [-0.39, 0.29) is 12.6 Å². The van der Waals surface area contributed by atoms with Crippen LogP contribution < -0.4 is 5.73 Å². The molecule has 1 saturated heterocycles. The lowest BCUT2D eigenvalue weighted by atomic mass is 10.0. The molecular weight excluding hydrogens is 198 g/mol. The van der Waals surface area contributed by atoms with Gasteiger partial charge < -0.3 is 19.9 Å². The van der Waals surface area contributed by atoms with Gasteiger partial charge in [0.2, 0.25) is 0 Å². The minimum atomic E-state index is -0.310. The first kappa shape index (κ1) is 12.4. The van der Waals surface area contributed by atoms with Crippen molar-refractivity contribution in [3.05, 3.63) is 0 Å². The molecule has 15 heavy (non-hydrogen) atoms. The molecule has 0 aromatic heterocycles. The fraction of sp³-hybridized carbons (Fsp3) is 0.900. The highest BCUT2D eigenvalue weighted by molar-refractivity contribution is 5.70. The Hall–Kier alpha value is -0.650. The molecule has 0 bridgehead atoms. The molecule has 0 aromatic carbocycles. The number of carbonyl (C=O) groups excluding carboxylic acids is 1. The molecule has 0 saturated carbocycles. The van der Waals surface area contributed by atoms with Crippen molar-refractivity contribution in [2.45, 2.75) is 12.8 Å². The summed E-state index contributed by atoms with van der Waals surface area (Å²) in [7, 11) is 0. The highest BCUT2D eigenvalue weighted by Gasteiger charge is 2.15. The number of esters is 1. The number of hydrogen-bond donors (Lipinski definition) is 1. The van der Waals surface area contributed by atoms with Gasteiger partial charge in [-0.15, -0.1) is 0 Å². The van der Waals surface area contributed by atoms with Gasteiger partial charge in [-0.2, -0.15) is 0 Å². The normalized spacial score (nSPS) is 17.7. The van der Waals surface area contributed by atoms with E-state index in [9.17, 15) is 4.79 Å². The molecule has 0 amide bonds. The summed E-state index contributed by atoms with van der Waals surface area (Å²) in [5, 5.41) is 0. The summed E-state index contributed by atoms with van der Waals surface area (Å²) < 4.78 is 15.2. The third-order valence-electron chi connectivity index (χ3n) is 2.30. The Morgan fingerprint density at radius 1 is 1.40 bits per heavy atom. The van der Waals surface area contributed by atoms with Crippen LogP contribution in [0.15, 0.2) is 0 Å². The Balaban J connectivity index is 2.00. The third-order valence-corrected chi connectivity index (χ3v) is 2.30. The topological polar surface area (TPSA) is 70.8 Å². The summed E-state index contributed by atoms with van der Waals surface area (Å²) in [5.74, 6) is 0.132. The van der Waals surface area contributed by atoms with Crippen molar-refractivity contribution in [3.8, 4) is 0 Å². The molecule has 0 atom stereocenters. The molecule has 88 valence electrons. The number of rotatable bonds is 6. The Bertz CT molecular complexity index is 180. The molecule has 5 nitrogen and oxygen atoms in total. The molecule has 1 aliphatic heterocycles. The monoisotopic (exact) mass is 217 g/mol. The molecule has 0 aliphatic carbocycles. The summed E-state index contributed by atoms with van der Waals surface area (Å²) in [6.07, 6.45) is 1.94. The maximum atomic E-state index is 11.1. The van der Waals surface area contributed by atoms with E-state index in [1.165, 1.54) is 0 Å². The molecule has 1 rings (SSSR count). The van der Waals surface area contributed by atoms with E-state index in [0.717, 1.165) is 26.1 Å². The molecule has 1 aliphatic rings. The molecule has 0 unspecified atom stereocenters. The van der Waals surface area contributed by atoms with E-state index >= 15 is 0 Å². The Kier molecular flexibility index (Phi) is 6.31. The van der Waals surface area contributed by atoms with Crippen molar-refractivity contribution in [2.75, 3.05) is 39.6 Å². The molecule has 1 heterocycles. The van der Waals surface area contributed by atoms with Crippen LogP contribution in [-0.4, -0.2) is 45.5 Å². The lowest BCUT2D eigenvalue weighted by Crippen LogP contribution is -2.24. The zero-order chi connectivity index (χ0) is 10.9. The van der Waals surface area contributed by atoms with Gasteiger partial charge in [-0.05, 0) is 18.8 Å². The highest BCUT2D eigenvalue weighted by atomic mass is 16.6. The van der Waals surface area contributed by atoms with Crippen molar-refractivity contribution < 1.29 is 19.0 Å². The second-order valence-corrected chi connectivity index (χ2v) is 3.58. The summed E-state index contributed by atoms with van der Waals surface area (Å²) in [6, 6.07) is 0. The number of nitrogens with two attached hydrogens (primary N) is 1. The lowest BCUT2D eigenvalue weighted by Gasteiger charge is -2.21. The summed E-state index contributed by atoms with van der Waals surface area (Å²) in [5.41, 5.74) is 5.21. The van der Waals surface area contributed by atoms with E-state index in [1.807, 2.05) is 0 Å². The van der Waals surface area contributed by atoms with Crippen LogP contribution in [0.1, 0.15) is 12.8 Å². The van der Waals surface area contributed by atoms with E-state index in [1.54, 1.807) is 0 Å². The molecule has 0 radical (unpaired) electrons. The van der Waals surface area contributed by atoms with Crippen LogP contribution in [0, 0.1) is 5.92 Å². The van der Waals surface area contributed by atoms with Gasteiger partial charge in [0.25, 0.3) is 0 Å². The minimum Gasteiger partial charge on any atom is -0.464 e. The zero-order valence-electron chi connectivity index (χ0n) is 8.94. The lowest BCUT2D eigenvalue weighted by molar-refractivity contribution is -0.151. The van der Waals surface area contributed by atoms with Crippen LogP contribution in [0.2, 0.25) is 0 Å². The van der Waals surface area contributed by atoms with Crippen LogP contribution in [0.4, 0.5) is 0 Å². The first-order valence-electron chi connectivity index (χ1n) is 5.34. The van der Waals surface area contributed by atoms with Crippen molar-refractivity contribution in [1.29, 1.82) is 0 Å². The van der Waals surface area contributed by atoms with Crippen molar-refractivity contribution >= 4 is 5.97 Å². The molecule has 1 fully saturated rings. The van der Waals surface area contributed by atoms with Gasteiger partial charge in [0, 0.05) is 19.8 Å². The van der Waals surface area contributed by atoms with Crippen molar-refractivity contribution in [1.82, 2.24) is 0 Å². The molecule has 0 aromatic rings. The minimum absolute atomic E-state index is 0.000417. The fourth-order valence-electron chi connectivity index (χ4n) is 1.40. The molecule has 0 spiro atoms. The predicted molar refractivity (Wildman–Crippen MR) is 54.4 cm³/mol. The Morgan fingerprint density at radius 3 is 2.80 bits per heavy atom. The van der Waals surface area contributed by atoms with Crippen LogP contribution in [0.25, 0.3) is 0 Å². The maximum absolute atomic E-state index is 11.1. The summed E-state index contributed by atoms with van der Waals surface area (Å²) >= 11 is 0. The summed E-state index contributed by atoms with van der Waals surface area (Å²) in [6.45, 7) is 2.84. The van der Waals surface area contributed by atoms with Gasteiger partial charge in [-0.25, -0.2) is 4.79 Å². The van der Waals surface area contributed by atoms with Gasteiger partial charge >= 0.3 is 5.97 Å². The smallest absolute Gasteiger partial charge is 0.332 e. The average molecular weight is 217 g/mol. The number of ether oxygens (including phenoxy) is 3. The van der Waals surface area contributed by atoms with Crippen LogP contribution in [-0.2, 0) is 19.0 Å². The third kappa shape index (κ3) is 5.71. The van der Waals surface area contributed by atoms with E-state index in [0.29, 0.717) is 25.7 Å². The Morgan fingerprint density at radius 2 is 2.13 bits per heavy atom. The van der Waals surface area contributed by atoms with Crippen molar-refractivity contribution in [3.63, 3.8) is 0 Å². The summed E-state index contributed by atoms with van der Waals surface area (Å²) in [4.78, 5) is 11.1. The van der Waals surface area contributed by atoms with Crippen molar-refractivity contribution in [2.24, 2.45) is 11.7 Å². The standard InChI is InChI=1S/C10H19NO4/c11-3-6-14-8-10(12)15-7-9-1-4-13-5-2-9/h9H,1-8,11H2. The predicted octanol–water partition coefficient (Wildman–Crippen LogP) is -0.0685. The SMILES string of the molecule is NCCOCC(=O)OCC1CCOCC1. The first-order chi connectivity index (χ1) is 7.33. The number of hydrogen-bond acceptors (Lipinski definition) is 5. The second kappa shape index (κ2) is 7.62. The van der Waals surface area contributed by atoms with Crippen LogP contribution in [0.5, 0.6) is 0 Å². The van der Waals surface area contributed by atoms with E-state index < -0.39 is 0 Å². The van der Waals surface area contributed by atoms with Crippen LogP contribution in [0.3, 0.4) is 0 Å². The zero-order valence-corrected chi connectivity index (χ0v) is 8.94. The second-order valence-electron chi connectivity index (χ2n) is 3.58. The Labute approximate surface area is 89.9 Å². The van der Waals surface area contributed by atoms with E-state index in [4.69, 9.17) is 19.9 Å². The highest BCUT2D eigenvalue weighted by Crippen LogP contribution is 2.14. The largest absolute Gasteiger partial charge is 0.464 e. The van der Waals surface area contributed by atoms with Gasteiger partial charge in [-0.3, -0.25) is 0 Å². The average Bonchev–Trinajstić information content (AvgIpc) is 2.28. The van der Waals surface area contributed by atoms with Gasteiger partial charge in [-0.1, -0.05) is 0 Å². The number of carbonyl (C=O) groups is 1. The van der Waals surface area contributed by atoms with Crippen LogP contribution >= 0.6 is 0 Å². The van der Waals surface area contributed by atoms with Gasteiger partial charge in [0.05, 0.1) is 13.2 Å². The molecular formula is C10H19NO4. The quantitative estimate of drug-likeness (QED) is 0.498. The van der Waals surface area contributed by atoms with E-state index in [2.05, 4.69) is 0 Å². The molecule has 2 N–H and O–H groups in total. The fourth-order valence-corrected chi connectivity index (χ4v) is 1.40. The maximum Gasteiger partial charge on any atom is 0.332 e. The molecule has 5 heteroatoms. The van der Waals surface area contributed by atoms with Gasteiger partial charge in [0.1, 0.15) is 6.61 Å². The first-order valence-corrected chi connectivity index (χ1v) is 5.34.